The number of hydrogen-bond donors (Lipinski definition) is 1. The predicted molar refractivity (Wildman–Crippen MR) is 52.9 cm³/mol. The summed E-state index contributed by atoms with van der Waals surface area (Å²) in [4.78, 5) is 13.0. The lowest BCUT2D eigenvalue weighted by atomic mass is 9.98. The first-order valence-electron chi connectivity index (χ1n) is 5.31. The molecule has 1 atom stereocenters. The van der Waals surface area contributed by atoms with Gasteiger partial charge in [0.1, 0.15) is 0 Å². The summed E-state index contributed by atoms with van der Waals surface area (Å²) in [5.74, 6) is 0.593. The molecule has 80 valence electrons. The first-order chi connectivity index (χ1) is 6.59. The van der Waals surface area contributed by atoms with E-state index in [1.807, 2.05) is 18.7 Å². The van der Waals surface area contributed by atoms with Gasteiger partial charge in [-0.2, -0.15) is 0 Å². The summed E-state index contributed by atoms with van der Waals surface area (Å²) >= 11 is 0. The molecule has 1 amide bonds. The van der Waals surface area contributed by atoms with E-state index in [1.165, 1.54) is 12.8 Å². The molecule has 2 rings (SSSR count). The van der Waals surface area contributed by atoms with Crippen molar-refractivity contribution in [3.63, 3.8) is 0 Å². The predicted octanol–water partition coefficient (Wildman–Crippen LogP) is 1.17. The summed E-state index contributed by atoms with van der Waals surface area (Å²) in [6, 6.07) is 0. The minimum Gasteiger partial charge on any atom is -0.423 e. The SMILES string of the molecule is CC1(C)OC(=O)N1CC1CCCNC1. The van der Waals surface area contributed by atoms with Gasteiger partial charge in [0.15, 0.2) is 5.72 Å². The number of carbonyl (C=O) groups is 1. The van der Waals surface area contributed by atoms with Crippen molar-refractivity contribution in [3.8, 4) is 0 Å². The zero-order valence-corrected chi connectivity index (χ0v) is 8.88. The van der Waals surface area contributed by atoms with Gasteiger partial charge in [0.25, 0.3) is 0 Å². The number of cyclic esters (lactones) is 1. The average Bonchev–Trinajstić information content (AvgIpc) is 2.15. The van der Waals surface area contributed by atoms with E-state index in [2.05, 4.69) is 5.32 Å². The van der Waals surface area contributed by atoms with Crippen LogP contribution in [0.5, 0.6) is 0 Å². The Morgan fingerprint density at radius 1 is 1.64 bits per heavy atom. The van der Waals surface area contributed by atoms with Gasteiger partial charge < -0.3 is 10.1 Å². The van der Waals surface area contributed by atoms with Gasteiger partial charge in [0.05, 0.1) is 0 Å². The monoisotopic (exact) mass is 198 g/mol. The second-order valence-corrected chi connectivity index (χ2v) is 4.64. The maximum Gasteiger partial charge on any atom is 0.415 e. The zero-order chi connectivity index (χ0) is 10.2. The largest absolute Gasteiger partial charge is 0.423 e. The van der Waals surface area contributed by atoms with Gasteiger partial charge in [-0.1, -0.05) is 0 Å². The minimum atomic E-state index is -0.380. The van der Waals surface area contributed by atoms with Crippen LogP contribution in [0.4, 0.5) is 4.79 Å². The summed E-state index contributed by atoms with van der Waals surface area (Å²) in [5.41, 5.74) is -0.380. The molecule has 2 fully saturated rings. The summed E-state index contributed by atoms with van der Waals surface area (Å²) in [7, 11) is 0. The van der Waals surface area contributed by atoms with Crippen LogP contribution < -0.4 is 5.32 Å². The number of piperidine rings is 1. The molecule has 0 radical (unpaired) electrons. The van der Waals surface area contributed by atoms with E-state index in [9.17, 15) is 4.79 Å². The molecule has 2 heterocycles. The van der Waals surface area contributed by atoms with Crippen molar-refractivity contribution in [2.75, 3.05) is 19.6 Å². The molecule has 0 aromatic heterocycles. The lowest BCUT2D eigenvalue weighted by Crippen LogP contribution is -2.63. The summed E-state index contributed by atoms with van der Waals surface area (Å²) < 4.78 is 5.05. The second kappa shape index (κ2) is 3.42. The molecule has 0 bridgehead atoms. The number of hydrogen-bond acceptors (Lipinski definition) is 3. The number of rotatable bonds is 2. The number of carbonyl (C=O) groups excluding carboxylic acids is 1. The van der Waals surface area contributed by atoms with Crippen LogP contribution in [0.3, 0.4) is 0 Å². The lowest BCUT2D eigenvalue weighted by molar-refractivity contribution is -0.166. The van der Waals surface area contributed by atoms with Crippen molar-refractivity contribution in [3.05, 3.63) is 0 Å². The van der Waals surface area contributed by atoms with E-state index >= 15 is 0 Å². The van der Waals surface area contributed by atoms with Crippen LogP contribution >= 0.6 is 0 Å². The Bertz CT molecular complexity index is 234. The zero-order valence-electron chi connectivity index (χ0n) is 8.88. The van der Waals surface area contributed by atoms with E-state index in [0.29, 0.717) is 5.92 Å². The van der Waals surface area contributed by atoms with Crippen molar-refractivity contribution in [2.45, 2.75) is 32.4 Å². The third kappa shape index (κ3) is 1.71. The molecule has 0 saturated carbocycles. The van der Waals surface area contributed by atoms with E-state index in [1.54, 1.807) is 0 Å². The first kappa shape index (κ1) is 9.77. The molecule has 1 unspecified atom stereocenters. The third-order valence-electron chi connectivity index (χ3n) is 3.05. The molecule has 2 saturated heterocycles. The van der Waals surface area contributed by atoms with Crippen molar-refractivity contribution < 1.29 is 9.53 Å². The lowest BCUT2D eigenvalue weighted by Gasteiger charge is -2.48. The highest BCUT2D eigenvalue weighted by Crippen LogP contribution is 2.30. The summed E-state index contributed by atoms with van der Waals surface area (Å²) in [5, 5.41) is 3.35. The molecular formula is C10H18N2O2. The molecule has 0 aromatic rings. The third-order valence-corrected chi connectivity index (χ3v) is 3.05. The topological polar surface area (TPSA) is 41.6 Å². The van der Waals surface area contributed by atoms with Crippen LogP contribution in [0, 0.1) is 5.92 Å². The van der Waals surface area contributed by atoms with Gasteiger partial charge >= 0.3 is 6.09 Å². The fourth-order valence-corrected chi connectivity index (χ4v) is 2.14. The van der Waals surface area contributed by atoms with Crippen LogP contribution in [0.25, 0.3) is 0 Å². The van der Waals surface area contributed by atoms with Gasteiger partial charge in [-0.05, 0) is 45.7 Å². The van der Waals surface area contributed by atoms with Crippen LogP contribution in [0.15, 0.2) is 0 Å². The molecule has 0 aliphatic carbocycles. The van der Waals surface area contributed by atoms with Crippen molar-refractivity contribution >= 4 is 6.09 Å². The minimum absolute atomic E-state index is 0.166. The maximum absolute atomic E-state index is 11.2. The molecule has 2 aliphatic rings. The first-order valence-corrected chi connectivity index (χ1v) is 5.31. The Labute approximate surface area is 84.6 Å². The summed E-state index contributed by atoms with van der Waals surface area (Å²) in [6.07, 6.45) is 2.27. The van der Waals surface area contributed by atoms with Crippen LogP contribution in [-0.4, -0.2) is 36.4 Å². The van der Waals surface area contributed by atoms with Crippen LogP contribution in [0.1, 0.15) is 26.7 Å². The number of nitrogens with one attached hydrogen (secondary N) is 1. The van der Waals surface area contributed by atoms with E-state index in [4.69, 9.17) is 4.74 Å². The molecular weight excluding hydrogens is 180 g/mol. The van der Waals surface area contributed by atoms with Crippen LogP contribution in [-0.2, 0) is 4.74 Å². The highest BCUT2D eigenvalue weighted by Gasteiger charge is 2.46. The second-order valence-electron chi connectivity index (χ2n) is 4.64. The fraction of sp³-hybridized carbons (Fsp3) is 0.900. The Morgan fingerprint density at radius 3 is 2.93 bits per heavy atom. The number of nitrogens with zero attached hydrogens (tertiary/aromatic N) is 1. The molecule has 0 aromatic carbocycles. The van der Waals surface area contributed by atoms with Gasteiger partial charge in [-0.3, -0.25) is 4.90 Å². The normalized spacial score (nSPS) is 30.9. The Hall–Kier alpha value is -0.770. The van der Waals surface area contributed by atoms with Crippen molar-refractivity contribution in [1.82, 2.24) is 10.2 Å². The maximum atomic E-state index is 11.2. The van der Waals surface area contributed by atoms with E-state index in [0.717, 1.165) is 19.6 Å². The Kier molecular flexibility index (Phi) is 2.39. The molecule has 0 spiro atoms. The number of amides is 1. The Balaban J connectivity index is 1.87. The quantitative estimate of drug-likeness (QED) is 0.724. The smallest absolute Gasteiger partial charge is 0.415 e. The van der Waals surface area contributed by atoms with Gasteiger partial charge in [0.2, 0.25) is 0 Å². The summed E-state index contributed by atoms with van der Waals surface area (Å²) in [6.45, 7) is 6.85. The van der Waals surface area contributed by atoms with Gasteiger partial charge in [-0.25, -0.2) is 4.79 Å². The molecule has 1 N–H and O–H groups in total. The highest BCUT2D eigenvalue weighted by molar-refractivity contribution is 5.74. The average molecular weight is 198 g/mol. The van der Waals surface area contributed by atoms with E-state index in [-0.39, 0.29) is 11.8 Å². The van der Waals surface area contributed by atoms with Gasteiger partial charge in [-0.15, -0.1) is 0 Å². The molecule has 2 aliphatic heterocycles. The molecule has 4 nitrogen and oxygen atoms in total. The molecule has 14 heavy (non-hydrogen) atoms. The number of ether oxygens (including phenoxy) is 1. The Morgan fingerprint density at radius 2 is 2.43 bits per heavy atom. The highest BCUT2D eigenvalue weighted by atomic mass is 16.6. The van der Waals surface area contributed by atoms with Crippen molar-refractivity contribution in [2.24, 2.45) is 5.92 Å². The fourth-order valence-electron chi connectivity index (χ4n) is 2.14. The van der Waals surface area contributed by atoms with Crippen LogP contribution in [0.2, 0.25) is 0 Å². The standard InChI is InChI=1S/C10H18N2O2/c1-10(2)12(9(13)14-10)7-8-4-3-5-11-6-8/h8,11H,3-7H2,1-2H3. The van der Waals surface area contributed by atoms with E-state index < -0.39 is 0 Å². The molecule has 4 heteroatoms. The van der Waals surface area contributed by atoms with Gasteiger partial charge in [0, 0.05) is 6.54 Å². The van der Waals surface area contributed by atoms with Crippen molar-refractivity contribution in [1.29, 1.82) is 0 Å².